The van der Waals surface area contributed by atoms with Gasteiger partial charge in [0.05, 0.1) is 0 Å². The van der Waals surface area contributed by atoms with Crippen molar-refractivity contribution in [3.63, 3.8) is 0 Å². The van der Waals surface area contributed by atoms with Crippen molar-refractivity contribution in [2.24, 2.45) is 0 Å². The molecule has 42 valence electrons. The first-order valence-corrected chi connectivity index (χ1v) is 0. The molecule has 0 heterocycles. The van der Waals surface area contributed by atoms with Crippen molar-refractivity contribution in [1.29, 1.82) is 0 Å². The molecule has 0 saturated carbocycles. The van der Waals surface area contributed by atoms with E-state index < -0.39 is 0 Å². The average molecular weight is 157 g/mol. The molecule has 0 aromatic carbocycles. The smallest absolute Gasteiger partial charge is 0 e. The minimum atomic E-state index is 0. The van der Waals surface area contributed by atoms with Gasteiger partial charge in [-0.1, -0.05) is 0 Å². The Morgan fingerprint density at radius 3 is 0.500 bits per heavy atom. The first kappa shape index (κ1) is 1200. The number of rotatable bonds is 0. The van der Waals surface area contributed by atoms with Crippen LogP contribution in [0.2, 0.25) is 0 Å². The van der Waals surface area contributed by atoms with E-state index in [4.69, 9.17) is 0 Å². The normalized spacial score (nSPS) is 0. The summed E-state index contributed by atoms with van der Waals surface area (Å²) in [5.74, 6) is 0. The van der Waals surface area contributed by atoms with Crippen LogP contribution in [0.15, 0.2) is 0 Å². The molecule has 0 fully saturated rings. The van der Waals surface area contributed by atoms with Crippen molar-refractivity contribution < 1.29 is 46.1 Å². The van der Waals surface area contributed by atoms with E-state index in [-0.39, 0.29) is 46.1 Å². The molecule has 0 aromatic heterocycles. The second-order valence-corrected chi connectivity index (χ2v) is 0. The Hall–Kier alpha value is 0.393. The predicted octanol–water partition coefficient (Wildman–Crippen LogP) is -3.15. The van der Waals surface area contributed by atoms with E-state index in [1.807, 2.05) is 0 Å². The van der Waals surface area contributed by atoms with Crippen LogP contribution in [0, 0.1) is 0 Å². The van der Waals surface area contributed by atoms with Gasteiger partial charge in [-0.05, 0) is 0 Å². The van der Waals surface area contributed by atoms with Gasteiger partial charge < -0.3 is 21.9 Å². The van der Waals surface area contributed by atoms with Crippen LogP contribution >= 0.6 is 0 Å². The summed E-state index contributed by atoms with van der Waals surface area (Å²) in [5.41, 5.74) is 0. The van der Waals surface area contributed by atoms with Gasteiger partial charge in [0.25, 0.3) is 0 Å². The van der Waals surface area contributed by atoms with Crippen molar-refractivity contribution in [3.8, 4) is 0 Å². The minimum Gasteiger partial charge on any atom is -0.412 e. The molecular formula is H9FO4Zn. The van der Waals surface area contributed by atoms with Gasteiger partial charge in [0, 0.05) is 19.5 Å². The zero-order valence-corrected chi connectivity index (χ0v) is 6.08. The molecule has 0 aliphatic rings. The quantitative estimate of drug-likeness (QED) is 0.329. The van der Waals surface area contributed by atoms with Crippen molar-refractivity contribution in [2.75, 3.05) is 0 Å². The topological polar surface area (TPSA) is 126 Å². The van der Waals surface area contributed by atoms with E-state index in [1.54, 1.807) is 0 Å². The van der Waals surface area contributed by atoms with Gasteiger partial charge in [0.15, 0.2) is 0 Å². The predicted molar refractivity (Wildman–Crippen MR) is 17.0 cm³/mol. The van der Waals surface area contributed by atoms with Crippen LogP contribution < -0.4 is 0 Å². The molecule has 0 spiro atoms. The SMILES string of the molecule is F.O.O.O.O.[Zn]. The fraction of sp³-hybridized carbons (Fsp3) is 0. The number of hydrogen-bond donors (Lipinski definition) is 0. The zero-order valence-electron chi connectivity index (χ0n) is 3.12. The molecule has 0 saturated heterocycles. The van der Waals surface area contributed by atoms with E-state index >= 15 is 0 Å². The summed E-state index contributed by atoms with van der Waals surface area (Å²) < 4.78 is 0. The van der Waals surface area contributed by atoms with E-state index in [2.05, 4.69) is 0 Å². The third-order valence-electron chi connectivity index (χ3n) is 0. The maximum Gasteiger partial charge on any atom is 0 e. The summed E-state index contributed by atoms with van der Waals surface area (Å²) in [4.78, 5) is 0. The number of hydrogen-bond acceptors (Lipinski definition) is 0. The largest absolute Gasteiger partial charge is 0.412 e. The Bertz CT molecular complexity index is 7.51. The Morgan fingerprint density at radius 2 is 0.500 bits per heavy atom. The summed E-state index contributed by atoms with van der Waals surface area (Å²) in [6.45, 7) is 0. The maximum atomic E-state index is 0. The Balaban J connectivity index is 0. The van der Waals surface area contributed by atoms with Gasteiger partial charge in [-0.2, -0.15) is 0 Å². The monoisotopic (exact) mass is 156 g/mol. The van der Waals surface area contributed by atoms with Gasteiger partial charge in [-0.3, -0.25) is 4.70 Å². The second-order valence-electron chi connectivity index (χ2n) is 0. The van der Waals surface area contributed by atoms with Crippen LogP contribution in [0.5, 0.6) is 0 Å². The fourth-order valence-electron chi connectivity index (χ4n) is 0. The van der Waals surface area contributed by atoms with Crippen LogP contribution in [-0.2, 0) is 19.5 Å². The van der Waals surface area contributed by atoms with E-state index in [0.29, 0.717) is 0 Å². The molecule has 8 N–H and O–H groups in total. The molecule has 0 bridgehead atoms. The van der Waals surface area contributed by atoms with Crippen molar-refractivity contribution >= 4 is 0 Å². The maximum absolute atomic E-state index is 0. The van der Waals surface area contributed by atoms with E-state index in [1.165, 1.54) is 0 Å². The standard InChI is InChI=1S/FH.4H2O.Zn/h1H;4*1H2;. The van der Waals surface area contributed by atoms with Gasteiger partial charge in [0.2, 0.25) is 0 Å². The van der Waals surface area contributed by atoms with Crippen LogP contribution in [0.4, 0.5) is 4.70 Å². The molecular weight excluding hydrogens is 148 g/mol. The van der Waals surface area contributed by atoms with Crippen molar-refractivity contribution in [1.82, 2.24) is 0 Å². The molecule has 6 heteroatoms. The van der Waals surface area contributed by atoms with Crippen LogP contribution in [0.25, 0.3) is 0 Å². The summed E-state index contributed by atoms with van der Waals surface area (Å²) >= 11 is 0. The Morgan fingerprint density at radius 1 is 0.500 bits per heavy atom. The summed E-state index contributed by atoms with van der Waals surface area (Å²) in [5, 5.41) is 0. The molecule has 0 amide bonds. The zero-order chi connectivity index (χ0) is 0. The fourth-order valence-corrected chi connectivity index (χ4v) is 0. The molecule has 0 rings (SSSR count). The molecule has 0 unspecified atom stereocenters. The van der Waals surface area contributed by atoms with Gasteiger partial charge >= 0.3 is 0 Å². The van der Waals surface area contributed by atoms with Crippen molar-refractivity contribution in [2.45, 2.75) is 0 Å². The minimum absolute atomic E-state index is 0. The third kappa shape index (κ3) is 327. The van der Waals surface area contributed by atoms with Crippen LogP contribution in [0.1, 0.15) is 0 Å². The van der Waals surface area contributed by atoms with Gasteiger partial charge in [0.1, 0.15) is 0 Å². The van der Waals surface area contributed by atoms with Gasteiger partial charge in [-0.25, -0.2) is 0 Å². The third-order valence-corrected chi connectivity index (χ3v) is 0. The van der Waals surface area contributed by atoms with Crippen molar-refractivity contribution in [3.05, 3.63) is 0 Å². The molecule has 6 heavy (non-hydrogen) atoms. The Labute approximate surface area is 46.9 Å². The first-order valence-electron chi connectivity index (χ1n) is 0. The van der Waals surface area contributed by atoms with Gasteiger partial charge in [-0.15, -0.1) is 0 Å². The van der Waals surface area contributed by atoms with Crippen LogP contribution in [0.3, 0.4) is 0 Å². The summed E-state index contributed by atoms with van der Waals surface area (Å²) in [7, 11) is 0. The molecule has 0 aliphatic carbocycles. The molecule has 0 aliphatic heterocycles. The number of halogens is 1. The average Bonchev–Trinajstić information content (AvgIpc) is 0. The van der Waals surface area contributed by atoms with E-state index in [9.17, 15) is 0 Å². The summed E-state index contributed by atoms with van der Waals surface area (Å²) in [6.07, 6.45) is 0. The second kappa shape index (κ2) is 673. The molecule has 4 nitrogen and oxygen atoms in total. The van der Waals surface area contributed by atoms with Crippen LogP contribution in [-0.4, -0.2) is 21.9 Å². The molecule has 0 radical (unpaired) electrons. The Kier molecular flexibility index (Phi) is 135000. The first-order chi connectivity index (χ1) is 0. The molecule has 0 atom stereocenters. The molecule has 0 aromatic rings. The summed E-state index contributed by atoms with van der Waals surface area (Å²) in [6, 6.07) is 0. The van der Waals surface area contributed by atoms with E-state index in [0.717, 1.165) is 0 Å².